The van der Waals surface area contributed by atoms with Gasteiger partial charge in [-0.05, 0) is 70.5 Å². The Morgan fingerprint density at radius 1 is 1.14 bits per heavy atom. The molecule has 10 nitrogen and oxygen atoms in total. The Labute approximate surface area is 287 Å². The number of halogens is 2. The van der Waals surface area contributed by atoms with Gasteiger partial charge < -0.3 is 28.6 Å². The molecule has 49 heavy (non-hydrogen) atoms. The Morgan fingerprint density at radius 2 is 1.92 bits per heavy atom. The number of carbonyl (C=O) groups is 1. The number of ether oxygens (including phenoxy) is 3. The summed E-state index contributed by atoms with van der Waals surface area (Å²) in [4.78, 5) is 31.4. The number of anilines is 1. The molecule has 4 aromatic rings. The van der Waals surface area contributed by atoms with E-state index < -0.39 is 34.5 Å². The molecule has 0 aliphatic carbocycles. The number of piperazine rings is 1. The smallest absolute Gasteiger partial charge is 0.410 e. The Bertz CT molecular complexity index is 1980. The zero-order chi connectivity index (χ0) is 35.2. The molecular weight excluding hydrogens is 652 g/mol. The minimum atomic E-state index is -1.62. The number of fused-ring (bicyclic) bond motifs is 3. The van der Waals surface area contributed by atoms with Crippen LogP contribution in [0.5, 0.6) is 5.75 Å². The van der Waals surface area contributed by atoms with Crippen LogP contribution >= 0.6 is 0 Å². The van der Waals surface area contributed by atoms with Gasteiger partial charge in [-0.1, -0.05) is 18.9 Å². The van der Waals surface area contributed by atoms with Crippen molar-refractivity contribution in [2.24, 2.45) is 0 Å². The number of rotatable bonds is 7. The summed E-state index contributed by atoms with van der Waals surface area (Å²) in [6.07, 6.45) is 6.98. The van der Waals surface area contributed by atoms with Crippen LogP contribution in [0.25, 0.3) is 32.9 Å². The number of benzene rings is 2. The topological polar surface area (TPSA) is 113 Å². The quantitative estimate of drug-likeness (QED) is 0.0945. The molecule has 2 aliphatic heterocycles. The maximum absolute atomic E-state index is 17.1. The molecule has 1 fully saturated rings. The van der Waals surface area contributed by atoms with Crippen LogP contribution in [-0.4, -0.2) is 80.9 Å². The van der Waals surface area contributed by atoms with E-state index in [0.29, 0.717) is 65.8 Å². The molecule has 0 bridgehead atoms. The summed E-state index contributed by atoms with van der Waals surface area (Å²) < 4.78 is 62.1. The fourth-order valence-corrected chi connectivity index (χ4v) is 7.25. The maximum atomic E-state index is 17.1. The summed E-state index contributed by atoms with van der Waals surface area (Å²) in [6.45, 7) is 9.91. The van der Waals surface area contributed by atoms with Gasteiger partial charge in [-0.3, -0.25) is 0 Å². The standard InChI is InChI=1S/C36H39F2N5O5S/c1-8-21-17-42-22(18-43(21)35(44)48-36(4,5)6)12-14-27-29-32(40-34(41-33(29)42)49(45)10-3)30(38)31(39-27)25-16-23(47-19-46-7)15-20-11-13-26(37)24(9-2)28(20)25/h2,11,13,15-16,21-22H,8,10,12,14,17-19H2,1,3-7H3/t21-,22-,49?/m1/s1. The molecule has 6 rings (SSSR count). The summed E-state index contributed by atoms with van der Waals surface area (Å²) in [5, 5.41) is 1.22. The molecule has 2 aromatic heterocycles. The summed E-state index contributed by atoms with van der Waals surface area (Å²) in [7, 11) is 1.48. The number of pyridine rings is 1. The molecular formula is C36H39F2N5O5S. The molecule has 1 saturated heterocycles. The van der Waals surface area contributed by atoms with Gasteiger partial charge in [-0.15, -0.1) is 6.42 Å². The number of nitrogens with zero attached hydrogens (tertiary/aromatic N) is 5. The molecule has 1 amide bonds. The first-order valence-corrected chi connectivity index (χ1v) is 17.6. The third-order valence-electron chi connectivity index (χ3n) is 8.85. The fraction of sp³-hybridized carbons (Fsp3) is 0.444. The lowest BCUT2D eigenvalue weighted by atomic mass is 9.95. The predicted octanol–water partition coefficient (Wildman–Crippen LogP) is 6.37. The molecule has 2 aliphatic rings. The van der Waals surface area contributed by atoms with Crippen molar-refractivity contribution >= 4 is 44.8 Å². The van der Waals surface area contributed by atoms with Gasteiger partial charge in [0.25, 0.3) is 0 Å². The van der Waals surface area contributed by atoms with Crippen LogP contribution in [0.3, 0.4) is 0 Å². The van der Waals surface area contributed by atoms with Crippen LogP contribution in [-0.2, 0) is 27.1 Å². The Morgan fingerprint density at radius 3 is 2.59 bits per heavy atom. The second kappa shape index (κ2) is 13.6. The van der Waals surface area contributed by atoms with Crippen molar-refractivity contribution in [2.75, 3.05) is 37.6 Å². The van der Waals surface area contributed by atoms with E-state index in [-0.39, 0.29) is 52.1 Å². The van der Waals surface area contributed by atoms with E-state index in [2.05, 4.69) is 15.8 Å². The minimum Gasteiger partial charge on any atom is -0.609 e. The molecule has 0 saturated carbocycles. The van der Waals surface area contributed by atoms with Crippen molar-refractivity contribution < 1.29 is 32.3 Å². The largest absolute Gasteiger partial charge is 0.609 e. The van der Waals surface area contributed by atoms with Gasteiger partial charge in [0.05, 0.1) is 22.7 Å². The van der Waals surface area contributed by atoms with Crippen molar-refractivity contribution in [1.29, 1.82) is 0 Å². The molecule has 1 unspecified atom stereocenters. The summed E-state index contributed by atoms with van der Waals surface area (Å²) in [6, 6.07) is 5.60. The van der Waals surface area contributed by atoms with E-state index >= 15 is 8.78 Å². The lowest BCUT2D eigenvalue weighted by molar-refractivity contribution is 0.00971. The minimum absolute atomic E-state index is 0.00679. The molecule has 4 heterocycles. The Balaban J connectivity index is 1.58. The Kier molecular flexibility index (Phi) is 9.59. The zero-order valence-corrected chi connectivity index (χ0v) is 29.2. The first kappa shape index (κ1) is 34.6. The van der Waals surface area contributed by atoms with Gasteiger partial charge in [-0.25, -0.2) is 18.6 Å². The van der Waals surface area contributed by atoms with Gasteiger partial charge in [-0.2, -0.15) is 9.97 Å². The van der Waals surface area contributed by atoms with Crippen LogP contribution < -0.4 is 9.64 Å². The number of amides is 1. The van der Waals surface area contributed by atoms with Crippen LogP contribution in [0.2, 0.25) is 0 Å². The van der Waals surface area contributed by atoms with Gasteiger partial charge in [0, 0.05) is 48.4 Å². The van der Waals surface area contributed by atoms with Crippen LogP contribution in [0.1, 0.15) is 58.7 Å². The molecule has 13 heteroatoms. The third kappa shape index (κ3) is 6.45. The van der Waals surface area contributed by atoms with Gasteiger partial charge in [0.1, 0.15) is 39.9 Å². The van der Waals surface area contributed by atoms with Crippen LogP contribution in [0, 0.1) is 24.0 Å². The van der Waals surface area contributed by atoms with Crippen molar-refractivity contribution in [3.63, 3.8) is 0 Å². The number of hydrogen-bond donors (Lipinski definition) is 0. The van der Waals surface area contributed by atoms with Crippen molar-refractivity contribution in [2.45, 2.75) is 76.7 Å². The number of aromatic nitrogens is 3. The molecule has 3 atom stereocenters. The highest BCUT2D eigenvalue weighted by atomic mass is 32.2. The fourth-order valence-electron chi connectivity index (χ4n) is 6.61. The summed E-state index contributed by atoms with van der Waals surface area (Å²) in [5.41, 5.74) is -0.109. The third-order valence-corrected chi connectivity index (χ3v) is 9.97. The lowest BCUT2D eigenvalue weighted by Gasteiger charge is -2.46. The zero-order valence-electron chi connectivity index (χ0n) is 28.4. The highest BCUT2D eigenvalue weighted by Gasteiger charge is 2.41. The lowest BCUT2D eigenvalue weighted by Crippen LogP contribution is -2.60. The molecule has 2 aromatic carbocycles. The molecule has 0 radical (unpaired) electrons. The average Bonchev–Trinajstić information content (AvgIpc) is 3.23. The maximum Gasteiger partial charge on any atom is 0.410 e. The summed E-state index contributed by atoms with van der Waals surface area (Å²) >= 11 is -1.62. The van der Waals surface area contributed by atoms with Gasteiger partial charge in [0.15, 0.2) is 12.6 Å². The van der Waals surface area contributed by atoms with Crippen LogP contribution in [0.4, 0.5) is 19.4 Å². The number of aryl methyl sites for hydroxylation is 1. The second-order valence-corrected chi connectivity index (χ2v) is 14.8. The van der Waals surface area contributed by atoms with E-state index in [1.165, 1.54) is 13.2 Å². The van der Waals surface area contributed by atoms with E-state index in [1.807, 2.05) is 27.7 Å². The van der Waals surface area contributed by atoms with Gasteiger partial charge in [0.2, 0.25) is 0 Å². The first-order chi connectivity index (χ1) is 23.4. The first-order valence-electron chi connectivity index (χ1n) is 16.3. The second-order valence-electron chi connectivity index (χ2n) is 13.1. The van der Waals surface area contributed by atoms with E-state index in [4.69, 9.17) is 30.6 Å². The molecule has 0 N–H and O–H groups in total. The Hall–Kier alpha value is -4.25. The van der Waals surface area contributed by atoms with Crippen LogP contribution in [0.15, 0.2) is 29.4 Å². The predicted molar refractivity (Wildman–Crippen MR) is 184 cm³/mol. The van der Waals surface area contributed by atoms with E-state index in [0.717, 1.165) is 0 Å². The number of terminal acetylenes is 1. The normalized spacial score (nSPS) is 18.2. The van der Waals surface area contributed by atoms with Crippen molar-refractivity contribution in [3.8, 4) is 29.4 Å². The van der Waals surface area contributed by atoms with Crippen molar-refractivity contribution in [3.05, 3.63) is 47.2 Å². The molecule has 258 valence electrons. The molecule has 0 spiro atoms. The average molecular weight is 692 g/mol. The van der Waals surface area contributed by atoms with E-state index in [1.54, 1.807) is 30.0 Å². The number of hydrogen-bond acceptors (Lipinski definition) is 9. The monoisotopic (exact) mass is 691 g/mol. The highest BCUT2D eigenvalue weighted by molar-refractivity contribution is 7.91. The highest BCUT2D eigenvalue weighted by Crippen LogP contribution is 2.42. The SMILES string of the molecule is C#Cc1c(F)ccc2cc(OCOC)cc(-c3nc4c5c(nc([S+]([O-])CC)nc5c3F)N3C[C@@H](CC)N(C(=O)OC(C)(C)C)C[C@H]3CC4)c12. The van der Waals surface area contributed by atoms with E-state index in [9.17, 15) is 9.35 Å². The number of carbonyl (C=O) groups excluding carboxylic acids is 1. The van der Waals surface area contributed by atoms with Crippen molar-refractivity contribution in [1.82, 2.24) is 19.9 Å². The summed E-state index contributed by atoms with van der Waals surface area (Å²) in [5.74, 6) is 1.99. The van der Waals surface area contributed by atoms with Gasteiger partial charge >= 0.3 is 11.2 Å². The number of methoxy groups -OCH3 is 1.